The highest BCUT2D eigenvalue weighted by atomic mass is 14.4. The standard InChI is InChI=1S/C15H32/c1-8-10-14(11-9-2)15(7,12(3)4)13(5)6/h12-14H,8-11H2,1-7H3. The van der Waals surface area contributed by atoms with Gasteiger partial charge in [-0.3, -0.25) is 0 Å². The third-order valence-corrected chi connectivity index (χ3v) is 4.64. The largest absolute Gasteiger partial charge is 0.0654 e. The fraction of sp³-hybridized carbons (Fsp3) is 1.00. The zero-order valence-corrected chi connectivity index (χ0v) is 12.1. The van der Waals surface area contributed by atoms with Crippen LogP contribution in [0.25, 0.3) is 0 Å². The molecule has 0 spiro atoms. The average molecular weight is 212 g/mol. The molecule has 0 heterocycles. The van der Waals surface area contributed by atoms with Crippen molar-refractivity contribution in [2.24, 2.45) is 23.2 Å². The molecular formula is C15H32. The van der Waals surface area contributed by atoms with Crippen LogP contribution in [-0.4, -0.2) is 0 Å². The first-order chi connectivity index (χ1) is 6.91. The van der Waals surface area contributed by atoms with Gasteiger partial charge in [-0.1, -0.05) is 74.1 Å². The number of hydrogen-bond acceptors (Lipinski definition) is 0. The van der Waals surface area contributed by atoms with Gasteiger partial charge < -0.3 is 0 Å². The Morgan fingerprint density at radius 2 is 1.13 bits per heavy atom. The number of rotatable bonds is 7. The van der Waals surface area contributed by atoms with Gasteiger partial charge in [-0.15, -0.1) is 0 Å². The number of hydrogen-bond donors (Lipinski definition) is 0. The Labute approximate surface area is 97.8 Å². The first kappa shape index (κ1) is 15.0. The molecule has 0 saturated heterocycles. The molecule has 0 aromatic rings. The van der Waals surface area contributed by atoms with Crippen molar-refractivity contribution in [2.45, 2.75) is 74.1 Å². The molecule has 0 saturated carbocycles. The minimum atomic E-state index is 0.520. The van der Waals surface area contributed by atoms with Crippen LogP contribution in [0.4, 0.5) is 0 Å². The molecule has 15 heavy (non-hydrogen) atoms. The van der Waals surface area contributed by atoms with Crippen LogP contribution in [-0.2, 0) is 0 Å². The van der Waals surface area contributed by atoms with Crippen molar-refractivity contribution in [3.8, 4) is 0 Å². The Morgan fingerprint density at radius 1 is 0.800 bits per heavy atom. The van der Waals surface area contributed by atoms with E-state index in [2.05, 4.69) is 48.5 Å². The summed E-state index contributed by atoms with van der Waals surface area (Å²) in [5.74, 6) is 2.49. The molecule has 0 radical (unpaired) electrons. The predicted molar refractivity (Wildman–Crippen MR) is 71.1 cm³/mol. The lowest BCUT2D eigenvalue weighted by Gasteiger charge is -2.45. The quantitative estimate of drug-likeness (QED) is 0.521. The lowest BCUT2D eigenvalue weighted by atomic mass is 9.60. The topological polar surface area (TPSA) is 0 Å². The van der Waals surface area contributed by atoms with Crippen LogP contribution in [0.15, 0.2) is 0 Å². The maximum absolute atomic E-state index is 2.51. The molecule has 0 bridgehead atoms. The Kier molecular flexibility index (Phi) is 6.55. The van der Waals surface area contributed by atoms with Crippen LogP contribution in [0.1, 0.15) is 74.1 Å². The van der Waals surface area contributed by atoms with Gasteiger partial charge in [-0.05, 0) is 23.2 Å². The van der Waals surface area contributed by atoms with E-state index in [0.29, 0.717) is 5.41 Å². The summed E-state index contributed by atoms with van der Waals surface area (Å²) >= 11 is 0. The Balaban J connectivity index is 4.82. The summed E-state index contributed by atoms with van der Waals surface area (Å²) in [6.07, 6.45) is 5.47. The molecule has 92 valence electrons. The van der Waals surface area contributed by atoms with Crippen molar-refractivity contribution in [1.82, 2.24) is 0 Å². The Morgan fingerprint density at radius 3 is 1.33 bits per heavy atom. The second-order valence-electron chi connectivity index (χ2n) is 5.95. The molecule has 0 amide bonds. The second-order valence-corrected chi connectivity index (χ2v) is 5.95. The van der Waals surface area contributed by atoms with E-state index >= 15 is 0 Å². The van der Waals surface area contributed by atoms with E-state index in [-0.39, 0.29) is 0 Å². The van der Waals surface area contributed by atoms with E-state index in [1.807, 2.05) is 0 Å². The maximum Gasteiger partial charge on any atom is -0.0251 e. The summed E-state index contributed by atoms with van der Waals surface area (Å²) in [6, 6.07) is 0. The summed E-state index contributed by atoms with van der Waals surface area (Å²) in [6.45, 7) is 16.8. The van der Waals surface area contributed by atoms with E-state index in [4.69, 9.17) is 0 Å². The summed E-state index contributed by atoms with van der Waals surface area (Å²) < 4.78 is 0. The van der Waals surface area contributed by atoms with Gasteiger partial charge in [0.05, 0.1) is 0 Å². The molecule has 0 atom stereocenters. The van der Waals surface area contributed by atoms with Crippen LogP contribution >= 0.6 is 0 Å². The molecule has 0 rings (SSSR count). The molecule has 0 aliphatic rings. The van der Waals surface area contributed by atoms with Gasteiger partial charge >= 0.3 is 0 Å². The van der Waals surface area contributed by atoms with Gasteiger partial charge in [0, 0.05) is 0 Å². The average Bonchev–Trinajstić information content (AvgIpc) is 2.15. The lowest BCUT2D eigenvalue weighted by molar-refractivity contribution is 0.0408. The summed E-state index contributed by atoms with van der Waals surface area (Å²) in [5, 5.41) is 0. The van der Waals surface area contributed by atoms with Crippen molar-refractivity contribution >= 4 is 0 Å². The molecule has 0 aromatic heterocycles. The highest BCUT2D eigenvalue weighted by Gasteiger charge is 2.38. The molecule has 0 aliphatic heterocycles. The van der Waals surface area contributed by atoms with Gasteiger partial charge in [-0.2, -0.15) is 0 Å². The molecule has 0 nitrogen and oxygen atoms in total. The highest BCUT2D eigenvalue weighted by Crippen LogP contribution is 2.46. The van der Waals surface area contributed by atoms with Crippen molar-refractivity contribution in [2.75, 3.05) is 0 Å². The van der Waals surface area contributed by atoms with Crippen LogP contribution in [0.5, 0.6) is 0 Å². The molecule has 0 aromatic carbocycles. The highest BCUT2D eigenvalue weighted by molar-refractivity contribution is 4.87. The van der Waals surface area contributed by atoms with Gasteiger partial charge in [0.15, 0.2) is 0 Å². The van der Waals surface area contributed by atoms with Gasteiger partial charge in [0.1, 0.15) is 0 Å². The van der Waals surface area contributed by atoms with Crippen molar-refractivity contribution in [3.63, 3.8) is 0 Å². The van der Waals surface area contributed by atoms with E-state index in [1.54, 1.807) is 0 Å². The molecule has 0 N–H and O–H groups in total. The molecule has 0 fully saturated rings. The molecular weight excluding hydrogens is 180 g/mol. The minimum absolute atomic E-state index is 0.520. The summed E-state index contributed by atoms with van der Waals surface area (Å²) in [4.78, 5) is 0. The van der Waals surface area contributed by atoms with Gasteiger partial charge in [-0.25, -0.2) is 0 Å². The van der Waals surface area contributed by atoms with Crippen molar-refractivity contribution in [3.05, 3.63) is 0 Å². The van der Waals surface area contributed by atoms with E-state index in [0.717, 1.165) is 17.8 Å². The fourth-order valence-corrected chi connectivity index (χ4v) is 3.07. The van der Waals surface area contributed by atoms with Crippen LogP contribution in [0, 0.1) is 23.2 Å². The van der Waals surface area contributed by atoms with E-state index in [9.17, 15) is 0 Å². The first-order valence-corrected chi connectivity index (χ1v) is 6.91. The monoisotopic (exact) mass is 212 g/mol. The second kappa shape index (κ2) is 6.55. The predicted octanol–water partition coefficient (Wildman–Crippen LogP) is 5.52. The van der Waals surface area contributed by atoms with Gasteiger partial charge in [0.25, 0.3) is 0 Å². The van der Waals surface area contributed by atoms with Gasteiger partial charge in [0.2, 0.25) is 0 Å². The van der Waals surface area contributed by atoms with Crippen LogP contribution in [0.3, 0.4) is 0 Å². The lowest BCUT2D eigenvalue weighted by Crippen LogP contribution is -2.37. The summed E-state index contributed by atoms with van der Waals surface area (Å²) in [7, 11) is 0. The third kappa shape index (κ3) is 3.50. The van der Waals surface area contributed by atoms with Crippen molar-refractivity contribution in [1.29, 1.82) is 0 Å². The van der Waals surface area contributed by atoms with Crippen LogP contribution < -0.4 is 0 Å². The van der Waals surface area contributed by atoms with Crippen molar-refractivity contribution < 1.29 is 0 Å². The SMILES string of the molecule is CCCC(CCC)C(C)(C(C)C)C(C)C. The first-order valence-electron chi connectivity index (χ1n) is 6.91. The molecule has 0 heteroatoms. The summed E-state index contributed by atoms with van der Waals surface area (Å²) in [5.41, 5.74) is 0.520. The zero-order valence-electron chi connectivity index (χ0n) is 12.1. The van der Waals surface area contributed by atoms with Crippen LogP contribution in [0.2, 0.25) is 0 Å². The fourth-order valence-electron chi connectivity index (χ4n) is 3.07. The van der Waals surface area contributed by atoms with E-state index < -0.39 is 0 Å². The maximum atomic E-state index is 2.51. The normalized spacial score (nSPS) is 13.2. The molecule has 0 unspecified atom stereocenters. The minimum Gasteiger partial charge on any atom is -0.0654 e. The molecule has 0 aliphatic carbocycles. The smallest absolute Gasteiger partial charge is 0.0251 e. The zero-order chi connectivity index (χ0) is 12.1. The van der Waals surface area contributed by atoms with E-state index in [1.165, 1.54) is 25.7 Å². The third-order valence-electron chi connectivity index (χ3n) is 4.64. The Hall–Kier alpha value is 0. The Bertz CT molecular complexity index is 141.